The molecule has 118 valence electrons. The zero-order valence-corrected chi connectivity index (χ0v) is 14.6. The van der Waals surface area contributed by atoms with Gasteiger partial charge in [0.2, 0.25) is 5.13 Å². The lowest BCUT2D eigenvalue weighted by Gasteiger charge is -2.17. The summed E-state index contributed by atoms with van der Waals surface area (Å²) in [6, 6.07) is 7.61. The minimum absolute atomic E-state index is 0.0120. The van der Waals surface area contributed by atoms with Gasteiger partial charge in [0.15, 0.2) is 0 Å². The van der Waals surface area contributed by atoms with Crippen LogP contribution in [-0.2, 0) is 5.41 Å². The fourth-order valence-electron chi connectivity index (χ4n) is 2.37. The molecule has 3 rings (SSSR count). The molecule has 1 unspecified atom stereocenters. The van der Waals surface area contributed by atoms with Gasteiger partial charge in [-0.1, -0.05) is 44.5 Å². The van der Waals surface area contributed by atoms with Gasteiger partial charge in [-0.05, 0) is 12.1 Å². The molecule has 1 fully saturated rings. The van der Waals surface area contributed by atoms with Crippen LogP contribution in [0.2, 0.25) is 5.02 Å². The van der Waals surface area contributed by atoms with Crippen LogP contribution < -0.4 is 9.64 Å². The maximum absolute atomic E-state index is 6.15. The van der Waals surface area contributed by atoms with E-state index in [1.54, 1.807) is 0 Å². The van der Waals surface area contributed by atoms with E-state index in [-0.39, 0.29) is 11.5 Å². The molecule has 0 saturated carbocycles. The third-order valence-corrected chi connectivity index (χ3v) is 4.72. The zero-order chi connectivity index (χ0) is 15.7. The summed E-state index contributed by atoms with van der Waals surface area (Å²) in [5, 5.41) is 1.64. The van der Waals surface area contributed by atoms with Gasteiger partial charge < -0.3 is 9.64 Å². The first-order valence-electron chi connectivity index (χ1n) is 7.44. The lowest BCUT2D eigenvalue weighted by Crippen LogP contribution is -2.24. The average Bonchev–Trinajstić information content (AvgIpc) is 3.09. The number of ether oxygens (including phenoxy) is 1. The number of rotatable bonds is 3. The summed E-state index contributed by atoms with van der Waals surface area (Å²) in [7, 11) is 0. The number of halogens is 1. The van der Waals surface area contributed by atoms with Crippen molar-refractivity contribution in [2.45, 2.75) is 38.7 Å². The van der Waals surface area contributed by atoms with E-state index in [9.17, 15) is 0 Å². The minimum Gasteiger partial charge on any atom is -0.487 e. The molecule has 0 radical (unpaired) electrons. The quantitative estimate of drug-likeness (QED) is 0.843. The van der Waals surface area contributed by atoms with Gasteiger partial charge >= 0.3 is 0 Å². The highest BCUT2D eigenvalue weighted by molar-refractivity contribution is 7.09. The summed E-state index contributed by atoms with van der Waals surface area (Å²) in [6.45, 7) is 8.16. The second-order valence-electron chi connectivity index (χ2n) is 6.56. The second-order valence-corrected chi connectivity index (χ2v) is 7.69. The maximum atomic E-state index is 6.15. The molecule has 1 aliphatic rings. The Labute approximate surface area is 140 Å². The molecule has 0 aliphatic carbocycles. The Bertz CT molecular complexity index is 653. The average molecular weight is 338 g/mol. The number of para-hydroxylation sites is 1. The monoisotopic (exact) mass is 337 g/mol. The molecule has 6 heteroatoms. The van der Waals surface area contributed by atoms with E-state index in [4.69, 9.17) is 16.3 Å². The third kappa shape index (κ3) is 3.36. The highest BCUT2D eigenvalue weighted by atomic mass is 35.5. The van der Waals surface area contributed by atoms with Crippen LogP contribution in [0.15, 0.2) is 24.3 Å². The van der Waals surface area contributed by atoms with E-state index in [2.05, 4.69) is 35.0 Å². The molecule has 22 heavy (non-hydrogen) atoms. The van der Waals surface area contributed by atoms with Gasteiger partial charge in [0.1, 0.15) is 17.7 Å². The minimum atomic E-state index is -0.0120. The van der Waals surface area contributed by atoms with Gasteiger partial charge in [0, 0.05) is 29.9 Å². The number of hydrogen-bond acceptors (Lipinski definition) is 5. The van der Waals surface area contributed by atoms with Crippen LogP contribution in [0.4, 0.5) is 5.13 Å². The summed E-state index contributed by atoms with van der Waals surface area (Å²) < 4.78 is 10.5. The van der Waals surface area contributed by atoms with Crippen LogP contribution in [0.25, 0.3) is 0 Å². The first-order valence-corrected chi connectivity index (χ1v) is 8.59. The first kappa shape index (κ1) is 15.6. The Morgan fingerprint density at radius 2 is 2.09 bits per heavy atom. The SMILES string of the molecule is CC(C)(C)c1nsc(N2CCC(Oc3ccccc3Cl)C2)n1. The Morgan fingerprint density at radius 3 is 2.77 bits per heavy atom. The summed E-state index contributed by atoms with van der Waals surface area (Å²) in [5.41, 5.74) is -0.0120. The molecule has 2 aromatic rings. The number of anilines is 1. The molecule has 0 bridgehead atoms. The molecule has 1 saturated heterocycles. The molecule has 0 amide bonds. The second kappa shape index (κ2) is 6.05. The van der Waals surface area contributed by atoms with Crippen LogP contribution in [0.5, 0.6) is 5.75 Å². The molecule has 0 spiro atoms. The lowest BCUT2D eigenvalue weighted by atomic mass is 9.96. The molecular formula is C16H20ClN3OS. The van der Waals surface area contributed by atoms with Crippen molar-refractivity contribution >= 4 is 28.3 Å². The van der Waals surface area contributed by atoms with Crippen molar-refractivity contribution in [2.75, 3.05) is 18.0 Å². The summed E-state index contributed by atoms with van der Waals surface area (Å²) in [5.74, 6) is 1.66. The Kier molecular flexibility index (Phi) is 4.28. The van der Waals surface area contributed by atoms with Crippen LogP contribution in [0, 0.1) is 0 Å². The Balaban J connectivity index is 1.65. The van der Waals surface area contributed by atoms with Gasteiger partial charge in [-0.3, -0.25) is 0 Å². The van der Waals surface area contributed by atoms with E-state index in [0.29, 0.717) is 5.02 Å². The molecule has 2 heterocycles. The molecular weight excluding hydrogens is 318 g/mol. The van der Waals surface area contributed by atoms with E-state index >= 15 is 0 Å². The van der Waals surface area contributed by atoms with Gasteiger partial charge in [-0.25, -0.2) is 4.98 Å². The Hall–Kier alpha value is -1.33. The van der Waals surface area contributed by atoms with Crippen LogP contribution in [-0.4, -0.2) is 28.6 Å². The lowest BCUT2D eigenvalue weighted by molar-refractivity contribution is 0.225. The van der Waals surface area contributed by atoms with Crippen molar-refractivity contribution in [3.63, 3.8) is 0 Å². The fraction of sp³-hybridized carbons (Fsp3) is 0.500. The standard InChI is InChI=1S/C16H20ClN3OS/c1-16(2,3)14-18-15(22-19-14)20-9-8-11(10-20)21-13-7-5-4-6-12(13)17/h4-7,11H,8-10H2,1-3H3. The third-order valence-electron chi connectivity index (χ3n) is 3.63. The molecule has 4 nitrogen and oxygen atoms in total. The largest absolute Gasteiger partial charge is 0.487 e. The van der Waals surface area contributed by atoms with Crippen molar-refractivity contribution in [3.8, 4) is 5.75 Å². The summed E-state index contributed by atoms with van der Waals surface area (Å²) >= 11 is 7.62. The maximum Gasteiger partial charge on any atom is 0.205 e. The van der Waals surface area contributed by atoms with E-state index in [1.807, 2.05) is 24.3 Å². The number of nitrogens with zero attached hydrogens (tertiary/aromatic N) is 3. The highest BCUT2D eigenvalue weighted by Gasteiger charge is 2.28. The molecule has 1 aromatic carbocycles. The van der Waals surface area contributed by atoms with E-state index in [0.717, 1.165) is 36.2 Å². The predicted molar refractivity (Wildman–Crippen MR) is 91.3 cm³/mol. The van der Waals surface area contributed by atoms with Crippen molar-refractivity contribution in [1.29, 1.82) is 0 Å². The van der Waals surface area contributed by atoms with E-state index in [1.165, 1.54) is 11.5 Å². The number of hydrogen-bond donors (Lipinski definition) is 0. The predicted octanol–water partition coefficient (Wildman–Crippen LogP) is 4.15. The first-order chi connectivity index (χ1) is 10.4. The van der Waals surface area contributed by atoms with Crippen molar-refractivity contribution in [2.24, 2.45) is 0 Å². The normalized spacial score (nSPS) is 18.7. The van der Waals surface area contributed by atoms with Crippen LogP contribution in [0.1, 0.15) is 33.0 Å². The van der Waals surface area contributed by atoms with Gasteiger partial charge in [-0.15, -0.1) is 0 Å². The highest BCUT2D eigenvalue weighted by Crippen LogP contribution is 2.30. The smallest absolute Gasteiger partial charge is 0.205 e. The summed E-state index contributed by atoms with van der Waals surface area (Å²) in [4.78, 5) is 6.92. The summed E-state index contributed by atoms with van der Waals surface area (Å²) in [6.07, 6.45) is 1.11. The zero-order valence-electron chi connectivity index (χ0n) is 13.0. The number of aromatic nitrogens is 2. The Morgan fingerprint density at radius 1 is 1.32 bits per heavy atom. The molecule has 1 aliphatic heterocycles. The molecule has 1 atom stereocenters. The molecule has 0 N–H and O–H groups in total. The topological polar surface area (TPSA) is 38.2 Å². The molecule has 1 aromatic heterocycles. The van der Waals surface area contributed by atoms with E-state index < -0.39 is 0 Å². The van der Waals surface area contributed by atoms with Crippen molar-refractivity contribution in [3.05, 3.63) is 35.1 Å². The van der Waals surface area contributed by atoms with Gasteiger partial charge in [0.25, 0.3) is 0 Å². The van der Waals surface area contributed by atoms with Gasteiger partial charge in [0.05, 0.1) is 11.6 Å². The van der Waals surface area contributed by atoms with Crippen molar-refractivity contribution in [1.82, 2.24) is 9.36 Å². The van der Waals surface area contributed by atoms with Crippen molar-refractivity contribution < 1.29 is 4.74 Å². The number of benzene rings is 1. The van der Waals surface area contributed by atoms with Crippen LogP contribution in [0.3, 0.4) is 0 Å². The van der Waals surface area contributed by atoms with Crippen LogP contribution >= 0.6 is 23.1 Å². The van der Waals surface area contributed by atoms with Gasteiger partial charge in [-0.2, -0.15) is 4.37 Å². The fourth-order valence-corrected chi connectivity index (χ4v) is 3.44.